The van der Waals surface area contributed by atoms with Crippen molar-refractivity contribution in [2.24, 2.45) is 0 Å². The molecule has 0 saturated heterocycles. The Bertz CT molecular complexity index is 547. The van der Waals surface area contributed by atoms with Gasteiger partial charge in [-0.05, 0) is 18.4 Å². The van der Waals surface area contributed by atoms with Gasteiger partial charge in [0.25, 0.3) is 5.91 Å². The zero-order valence-electron chi connectivity index (χ0n) is 10.6. The summed E-state index contributed by atoms with van der Waals surface area (Å²) in [7, 11) is 0. The summed E-state index contributed by atoms with van der Waals surface area (Å²) < 4.78 is 0. The van der Waals surface area contributed by atoms with Crippen LogP contribution in [-0.2, 0) is 5.41 Å². The quantitative estimate of drug-likeness (QED) is 0.929. The van der Waals surface area contributed by atoms with Gasteiger partial charge in [0.05, 0.1) is 5.51 Å². The molecule has 3 rings (SSSR count). The molecule has 1 saturated carbocycles. The highest BCUT2D eigenvalue weighted by Crippen LogP contribution is 2.43. The molecule has 1 aromatic heterocycles. The van der Waals surface area contributed by atoms with Crippen molar-refractivity contribution in [2.45, 2.75) is 24.7 Å². The molecule has 1 N–H and O–H groups in total. The van der Waals surface area contributed by atoms with Crippen molar-refractivity contribution in [1.82, 2.24) is 10.3 Å². The summed E-state index contributed by atoms with van der Waals surface area (Å²) in [6.07, 6.45) is 3.53. The maximum absolute atomic E-state index is 12.0. The van der Waals surface area contributed by atoms with Crippen molar-refractivity contribution in [1.29, 1.82) is 0 Å². The number of nitrogens with one attached hydrogen (secondary N) is 1. The Kier molecular flexibility index (Phi) is 3.34. The van der Waals surface area contributed by atoms with Gasteiger partial charge in [-0.2, -0.15) is 0 Å². The molecule has 1 fully saturated rings. The standard InChI is InChI=1S/C15H16N2OS/c18-14(13-9-19-11-17-13)16-10-15(7-4-8-15)12-5-2-1-3-6-12/h1-3,5-6,9,11H,4,7-8,10H2,(H,16,18). The molecule has 0 bridgehead atoms. The molecule has 19 heavy (non-hydrogen) atoms. The molecule has 1 aliphatic carbocycles. The Morgan fingerprint density at radius 3 is 2.68 bits per heavy atom. The van der Waals surface area contributed by atoms with E-state index in [-0.39, 0.29) is 11.3 Å². The summed E-state index contributed by atoms with van der Waals surface area (Å²) in [6.45, 7) is 0.702. The molecule has 0 unspecified atom stereocenters. The molecule has 3 nitrogen and oxygen atoms in total. The van der Waals surface area contributed by atoms with Crippen LogP contribution in [-0.4, -0.2) is 17.4 Å². The third-order valence-electron chi connectivity index (χ3n) is 3.95. The number of benzene rings is 1. The van der Waals surface area contributed by atoms with E-state index in [9.17, 15) is 4.79 Å². The second kappa shape index (κ2) is 5.13. The van der Waals surface area contributed by atoms with Crippen molar-refractivity contribution >= 4 is 17.2 Å². The number of thiazole rings is 1. The van der Waals surface area contributed by atoms with Gasteiger partial charge in [-0.1, -0.05) is 36.8 Å². The predicted octanol–water partition coefficient (Wildman–Crippen LogP) is 2.99. The van der Waals surface area contributed by atoms with Crippen LogP contribution >= 0.6 is 11.3 Å². The molecule has 0 radical (unpaired) electrons. The molecule has 4 heteroatoms. The monoisotopic (exact) mass is 272 g/mol. The van der Waals surface area contributed by atoms with Crippen molar-refractivity contribution < 1.29 is 4.79 Å². The highest BCUT2D eigenvalue weighted by Gasteiger charge is 2.38. The molecule has 1 heterocycles. The molecule has 1 amide bonds. The number of hydrogen-bond donors (Lipinski definition) is 1. The average molecular weight is 272 g/mol. The summed E-state index contributed by atoms with van der Waals surface area (Å²) in [6, 6.07) is 10.5. The number of aromatic nitrogens is 1. The minimum absolute atomic E-state index is 0.0662. The zero-order chi connectivity index (χ0) is 13.1. The van der Waals surface area contributed by atoms with Crippen LogP contribution in [0.5, 0.6) is 0 Å². The molecule has 98 valence electrons. The van der Waals surface area contributed by atoms with Gasteiger partial charge in [-0.25, -0.2) is 4.98 Å². The van der Waals surface area contributed by atoms with Crippen LogP contribution in [0.3, 0.4) is 0 Å². The number of hydrogen-bond acceptors (Lipinski definition) is 3. The highest BCUT2D eigenvalue weighted by atomic mass is 32.1. The van der Waals surface area contributed by atoms with Crippen molar-refractivity contribution in [3.63, 3.8) is 0 Å². The lowest BCUT2D eigenvalue weighted by atomic mass is 9.64. The van der Waals surface area contributed by atoms with Crippen LogP contribution in [0.15, 0.2) is 41.2 Å². The summed E-state index contributed by atoms with van der Waals surface area (Å²) in [5, 5.41) is 4.81. The molecule has 0 aliphatic heterocycles. The molecular weight excluding hydrogens is 256 g/mol. The van der Waals surface area contributed by atoms with E-state index < -0.39 is 0 Å². The summed E-state index contributed by atoms with van der Waals surface area (Å²) in [4.78, 5) is 16.0. The number of rotatable bonds is 4. The molecule has 1 aliphatic rings. The Morgan fingerprint density at radius 2 is 2.11 bits per heavy atom. The first-order valence-corrected chi connectivity index (χ1v) is 7.46. The topological polar surface area (TPSA) is 42.0 Å². The van der Waals surface area contributed by atoms with E-state index in [1.165, 1.54) is 23.3 Å². The molecule has 1 aromatic carbocycles. The van der Waals surface area contributed by atoms with Gasteiger partial charge in [0.1, 0.15) is 5.69 Å². The van der Waals surface area contributed by atoms with Crippen LogP contribution in [0.2, 0.25) is 0 Å². The van der Waals surface area contributed by atoms with Crippen LogP contribution in [0, 0.1) is 0 Å². The number of nitrogens with zero attached hydrogens (tertiary/aromatic N) is 1. The largest absolute Gasteiger partial charge is 0.350 e. The fraction of sp³-hybridized carbons (Fsp3) is 0.333. The smallest absolute Gasteiger partial charge is 0.270 e. The fourth-order valence-electron chi connectivity index (χ4n) is 2.63. The van der Waals surface area contributed by atoms with E-state index in [2.05, 4.69) is 34.6 Å². The highest BCUT2D eigenvalue weighted by molar-refractivity contribution is 7.07. The third-order valence-corrected chi connectivity index (χ3v) is 4.54. The lowest BCUT2D eigenvalue weighted by Crippen LogP contribution is -2.45. The SMILES string of the molecule is O=C(NCC1(c2ccccc2)CCC1)c1cscn1. The maximum Gasteiger partial charge on any atom is 0.270 e. The van der Waals surface area contributed by atoms with Crippen LogP contribution in [0.25, 0.3) is 0 Å². The number of carbonyl (C=O) groups is 1. The second-order valence-corrected chi connectivity index (χ2v) is 5.77. The van der Waals surface area contributed by atoms with Gasteiger partial charge in [0.15, 0.2) is 0 Å². The molecular formula is C15H16N2OS. The van der Waals surface area contributed by atoms with Crippen LogP contribution in [0.1, 0.15) is 35.3 Å². The van der Waals surface area contributed by atoms with Gasteiger partial charge in [-0.3, -0.25) is 4.79 Å². The predicted molar refractivity (Wildman–Crippen MR) is 76.4 cm³/mol. The van der Waals surface area contributed by atoms with Gasteiger partial charge < -0.3 is 5.32 Å². The van der Waals surface area contributed by atoms with E-state index in [0.29, 0.717) is 12.2 Å². The average Bonchev–Trinajstić information content (AvgIpc) is 2.92. The van der Waals surface area contributed by atoms with Crippen LogP contribution < -0.4 is 5.32 Å². The summed E-state index contributed by atoms with van der Waals surface area (Å²) in [5.74, 6) is -0.0662. The minimum atomic E-state index is -0.0662. The van der Waals surface area contributed by atoms with Gasteiger partial charge >= 0.3 is 0 Å². The number of carbonyl (C=O) groups excluding carboxylic acids is 1. The first kappa shape index (κ1) is 12.4. The van der Waals surface area contributed by atoms with Crippen molar-refractivity contribution in [3.8, 4) is 0 Å². The first-order chi connectivity index (χ1) is 9.30. The zero-order valence-corrected chi connectivity index (χ0v) is 11.5. The van der Waals surface area contributed by atoms with E-state index in [1.54, 1.807) is 10.9 Å². The van der Waals surface area contributed by atoms with E-state index in [1.807, 2.05) is 6.07 Å². The van der Waals surface area contributed by atoms with Crippen molar-refractivity contribution in [2.75, 3.05) is 6.54 Å². The Labute approximate surface area is 116 Å². The van der Waals surface area contributed by atoms with Gasteiger partial charge in [0.2, 0.25) is 0 Å². The van der Waals surface area contributed by atoms with Gasteiger partial charge in [-0.15, -0.1) is 11.3 Å². The van der Waals surface area contributed by atoms with E-state index in [4.69, 9.17) is 0 Å². The molecule has 0 atom stereocenters. The fourth-order valence-corrected chi connectivity index (χ4v) is 3.16. The maximum atomic E-state index is 12.0. The number of amides is 1. The van der Waals surface area contributed by atoms with Crippen LogP contribution in [0.4, 0.5) is 0 Å². The third kappa shape index (κ3) is 2.40. The van der Waals surface area contributed by atoms with Gasteiger partial charge in [0, 0.05) is 17.3 Å². The van der Waals surface area contributed by atoms with Crippen molar-refractivity contribution in [3.05, 3.63) is 52.5 Å². The normalized spacial score (nSPS) is 16.6. The Morgan fingerprint density at radius 1 is 1.32 bits per heavy atom. The van der Waals surface area contributed by atoms with E-state index in [0.717, 1.165) is 12.8 Å². The van der Waals surface area contributed by atoms with E-state index >= 15 is 0 Å². The summed E-state index contributed by atoms with van der Waals surface area (Å²) in [5.41, 5.74) is 3.67. The lowest BCUT2D eigenvalue weighted by molar-refractivity contribution is 0.0923. The summed E-state index contributed by atoms with van der Waals surface area (Å²) >= 11 is 1.45. The first-order valence-electron chi connectivity index (χ1n) is 6.52. The minimum Gasteiger partial charge on any atom is -0.350 e. The second-order valence-electron chi connectivity index (χ2n) is 5.06. The Hall–Kier alpha value is -1.68. The molecule has 2 aromatic rings. The molecule has 0 spiro atoms. The Balaban J connectivity index is 1.69. The lowest BCUT2D eigenvalue weighted by Gasteiger charge is -2.42.